The number of fused-ring (bicyclic) bond motifs is 1. The summed E-state index contributed by atoms with van der Waals surface area (Å²) in [6.07, 6.45) is 8.21. The van der Waals surface area contributed by atoms with E-state index in [4.69, 9.17) is 5.10 Å². The van der Waals surface area contributed by atoms with E-state index in [1.807, 2.05) is 42.5 Å². The highest BCUT2D eigenvalue weighted by Crippen LogP contribution is 2.46. The van der Waals surface area contributed by atoms with Gasteiger partial charge in [-0.25, -0.2) is 0 Å². The first-order valence-electron chi connectivity index (χ1n) is 12.2. The van der Waals surface area contributed by atoms with Gasteiger partial charge >= 0.3 is 0 Å². The number of rotatable bonds is 5. The molecule has 1 aliphatic carbocycles. The molecule has 178 valence electrons. The van der Waals surface area contributed by atoms with Gasteiger partial charge in [0.15, 0.2) is 0 Å². The van der Waals surface area contributed by atoms with Crippen LogP contribution in [0.3, 0.4) is 0 Å². The lowest BCUT2D eigenvalue weighted by atomic mass is 9.72. The fraction of sp³-hybridized carbons (Fsp3) is 0.258. The van der Waals surface area contributed by atoms with E-state index in [1.165, 1.54) is 5.56 Å². The zero-order valence-electron chi connectivity index (χ0n) is 21.1. The van der Waals surface area contributed by atoms with E-state index in [-0.39, 0.29) is 17.2 Å². The van der Waals surface area contributed by atoms with E-state index >= 15 is 0 Å². The molecule has 0 aromatic heterocycles. The average molecular weight is 464 g/mol. The van der Waals surface area contributed by atoms with E-state index in [1.54, 1.807) is 0 Å². The standard InChI is InChI=1S/C31H33N3O/c1-30(2,22-14-8-6-9-15-22)24-20-25(31(3,4)23-16-10-7-11-17-23)29(35)28(21-24)34-32-26-18-12-13-19-27(26)33(34)5/h6-21,27,35H,1-5H3. The van der Waals surface area contributed by atoms with E-state index in [0.29, 0.717) is 5.69 Å². The average Bonchev–Trinajstić information content (AvgIpc) is 3.21. The molecule has 1 heterocycles. The highest BCUT2D eigenvalue weighted by molar-refractivity contribution is 6.04. The summed E-state index contributed by atoms with van der Waals surface area (Å²) in [6, 6.07) is 25.2. The van der Waals surface area contributed by atoms with E-state index < -0.39 is 5.41 Å². The molecule has 0 amide bonds. The number of phenols is 1. The van der Waals surface area contributed by atoms with Crippen LogP contribution in [0.25, 0.3) is 0 Å². The minimum absolute atomic E-state index is 0.0516. The molecule has 0 radical (unpaired) electrons. The first-order chi connectivity index (χ1) is 16.7. The van der Waals surface area contributed by atoms with Crippen LogP contribution >= 0.6 is 0 Å². The van der Waals surface area contributed by atoms with E-state index in [0.717, 1.165) is 22.4 Å². The molecule has 0 saturated heterocycles. The highest BCUT2D eigenvalue weighted by atomic mass is 16.3. The van der Waals surface area contributed by atoms with Gasteiger partial charge in [0, 0.05) is 23.4 Å². The SMILES string of the molecule is CN1C2C=CC=CC2=NN1c1cc(C(C)(C)c2ccccc2)cc(C(C)(C)c2ccccc2)c1O. The Hall–Kier alpha value is -3.63. The molecule has 1 atom stereocenters. The summed E-state index contributed by atoms with van der Waals surface area (Å²) in [5.41, 5.74) is 5.35. The van der Waals surface area contributed by atoms with Crippen molar-refractivity contribution < 1.29 is 5.11 Å². The van der Waals surface area contributed by atoms with Crippen LogP contribution in [-0.4, -0.2) is 28.9 Å². The Morgan fingerprint density at radius 2 is 1.37 bits per heavy atom. The van der Waals surface area contributed by atoms with Crippen molar-refractivity contribution in [3.8, 4) is 5.75 Å². The van der Waals surface area contributed by atoms with Gasteiger partial charge in [-0.05, 0) is 28.8 Å². The first-order valence-corrected chi connectivity index (χ1v) is 12.2. The molecule has 0 spiro atoms. The summed E-state index contributed by atoms with van der Waals surface area (Å²) >= 11 is 0. The molecule has 0 bridgehead atoms. The molecule has 35 heavy (non-hydrogen) atoms. The number of hydrazine groups is 1. The topological polar surface area (TPSA) is 39.1 Å². The van der Waals surface area contributed by atoms with E-state index in [9.17, 15) is 5.11 Å². The molecule has 4 heteroatoms. The minimum atomic E-state index is -0.416. The molecule has 2 aliphatic rings. The van der Waals surface area contributed by atoms with Gasteiger partial charge in [0.2, 0.25) is 0 Å². The Labute approximate surface area is 208 Å². The maximum Gasteiger partial charge on any atom is 0.146 e. The zero-order chi connectivity index (χ0) is 24.8. The fourth-order valence-electron chi connectivity index (χ4n) is 5.09. The fourth-order valence-corrected chi connectivity index (χ4v) is 5.09. The van der Waals surface area contributed by atoms with Gasteiger partial charge in [0.25, 0.3) is 0 Å². The third-order valence-electron chi connectivity index (χ3n) is 7.58. The van der Waals surface area contributed by atoms with Gasteiger partial charge in [0.1, 0.15) is 11.4 Å². The van der Waals surface area contributed by atoms with Crippen LogP contribution in [0.4, 0.5) is 5.69 Å². The Morgan fingerprint density at radius 3 is 1.97 bits per heavy atom. The van der Waals surface area contributed by atoms with Gasteiger partial charge < -0.3 is 5.11 Å². The van der Waals surface area contributed by atoms with Crippen LogP contribution in [0, 0.1) is 0 Å². The molecule has 1 unspecified atom stereocenters. The second kappa shape index (κ2) is 8.54. The van der Waals surface area contributed by atoms with Crippen molar-refractivity contribution in [3.05, 3.63) is 119 Å². The number of phenolic OH excluding ortho intramolecular Hbond substituents is 1. The maximum absolute atomic E-state index is 11.8. The second-order valence-corrected chi connectivity index (χ2v) is 10.5. The second-order valence-electron chi connectivity index (χ2n) is 10.5. The quantitative estimate of drug-likeness (QED) is 0.466. The number of anilines is 1. The van der Waals surface area contributed by atoms with Crippen LogP contribution in [-0.2, 0) is 10.8 Å². The van der Waals surface area contributed by atoms with Crippen LogP contribution in [0.5, 0.6) is 5.75 Å². The Balaban J connectivity index is 1.72. The molecular formula is C31H33N3O. The molecule has 1 N–H and O–H groups in total. The molecule has 5 rings (SSSR count). The summed E-state index contributed by atoms with van der Waals surface area (Å²) in [7, 11) is 2.02. The van der Waals surface area contributed by atoms with Gasteiger partial charge in [0.05, 0.1) is 11.8 Å². The lowest BCUT2D eigenvalue weighted by Gasteiger charge is -2.35. The Kier molecular flexibility index (Phi) is 5.65. The van der Waals surface area contributed by atoms with Crippen molar-refractivity contribution in [2.75, 3.05) is 12.2 Å². The minimum Gasteiger partial charge on any atom is -0.505 e. The van der Waals surface area contributed by atoms with E-state index in [2.05, 4.69) is 99.4 Å². The van der Waals surface area contributed by atoms with Gasteiger partial charge in [-0.15, -0.1) is 0 Å². The molecule has 1 aliphatic heterocycles. The molecule has 3 aromatic rings. The number of hydrogen-bond donors (Lipinski definition) is 1. The molecule has 0 saturated carbocycles. The number of allylic oxidation sites excluding steroid dienone is 2. The van der Waals surface area contributed by atoms with Crippen molar-refractivity contribution >= 4 is 11.4 Å². The summed E-state index contributed by atoms with van der Waals surface area (Å²) in [5, 5.41) is 20.6. The van der Waals surface area contributed by atoms with Crippen molar-refractivity contribution in [3.63, 3.8) is 0 Å². The number of hydrogen-bond acceptors (Lipinski definition) is 4. The summed E-state index contributed by atoms with van der Waals surface area (Å²) in [6.45, 7) is 8.82. The maximum atomic E-state index is 11.8. The summed E-state index contributed by atoms with van der Waals surface area (Å²) < 4.78 is 0. The number of likely N-dealkylation sites (N-methyl/N-ethyl adjacent to an activating group) is 1. The monoisotopic (exact) mass is 463 g/mol. The largest absolute Gasteiger partial charge is 0.505 e. The molecule has 3 aromatic carbocycles. The molecular weight excluding hydrogens is 430 g/mol. The number of hydrazone groups is 1. The van der Waals surface area contributed by atoms with Crippen LogP contribution < -0.4 is 5.12 Å². The number of nitrogens with zero attached hydrogens (tertiary/aromatic N) is 3. The van der Waals surface area contributed by atoms with Gasteiger partial charge in [-0.2, -0.15) is 15.2 Å². The Morgan fingerprint density at radius 1 is 0.771 bits per heavy atom. The van der Waals surface area contributed by atoms with Crippen molar-refractivity contribution in [2.24, 2.45) is 5.10 Å². The third kappa shape index (κ3) is 3.88. The first kappa shape index (κ1) is 23.1. The third-order valence-corrected chi connectivity index (χ3v) is 7.58. The van der Waals surface area contributed by atoms with Crippen molar-refractivity contribution in [1.82, 2.24) is 5.01 Å². The van der Waals surface area contributed by atoms with Gasteiger partial charge in [-0.1, -0.05) is 113 Å². The molecule has 4 nitrogen and oxygen atoms in total. The summed E-state index contributed by atoms with van der Waals surface area (Å²) in [4.78, 5) is 0. The lowest BCUT2D eigenvalue weighted by molar-refractivity contribution is 0.326. The number of aromatic hydroxyl groups is 1. The lowest BCUT2D eigenvalue weighted by Crippen LogP contribution is -2.39. The zero-order valence-corrected chi connectivity index (χ0v) is 21.1. The van der Waals surface area contributed by atoms with Crippen molar-refractivity contribution in [1.29, 1.82) is 0 Å². The highest BCUT2D eigenvalue weighted by Gasteiger charge is 2.37. The normalized spacial score (nSPS) is 18.0. The van der Waals surface area contributed by atoms with Crippen LogP contribution in [0.2, 0.25) is 0 Å². The van der Waals surface area contributed by atoms with Crippen LogP contribution in [0.1, 0.15) is 49.9 Å². The van der Waals surface area contributed by atoms with Crippen molar-refractivity contribution in [2.45, 2.75) is 44.6 Å². The Bertz CT molecular complexity index is 1320. The molecule has 0 fully saturated rings. The predicted molar refractivity (Wildman–Crippen MR) is 145 cm³/mol. The predicted octanol–water partition coefficient (Wildman–Crippen LogP) is 6.56. The number of benzene rings is 3. The van der Waals surface area contributed by atoms with Crippen LogP contribution in [0.15, 0.2) is 102 Å². The smallest absolute Gasteiger partial charge is 0.146 e. The summed E-state index contributed by atoms with van der Waals surface area (Å²) in [5.74, 6) is 0.259. The van der Waals surface area contributed by atoms with Gasteiger partial charge in [-0.3, -0.25) is 0 Å².